The molecule has 1 fully saturated rings. The predicted octanol–water partition coefficient (Wildman–Crippen LogP) is 1.93. The topological polar surface area (TPSA) is 80.5 Å². The summed E-state index contributed by atoms with van der Waals surface area (Å²) < 4.78 is 0. The van der Waals surface area contributed by atoms with Gasteiger partial charge in [-0.05, 0) is 25.8 Å². The standard InChI is InChI=1S/C13H14N2O4/c1-9(16)10-5-4-8-14(13(10)17)11-6-2-3-7-12(11)15(18)19/h2-3,6-7,10H,4-5,8H2,1H3/t10-/m0/s1. The predicted molar refractivity (Wildman–Crippen MR) is 68.9 cm³/mol. The molecule has 0 radical (unpaired) electrons. The minimum Gasteiger partial charge on any atom is -0.306 e. The highest BCUT2D eigenvalue weighted by Crippen LogP contribution is 2.32. The number of nitro groups is 1. The van der Waals surface area contributed by atoms with Crippen molar-refractivity contribution in [1.82, 2.24) is 0 Å². The molecule has 1 aromatic rings. The van der Waals surface area contributed by atoms with Gasteiger partial charge >= 0.3 is 0 Å². The first-order valence-corrected chi connectivity index (χ1v) is 6.07. The quantitative estimate of drug-likeness (QED) is 0.473. The Balaban J connectivity index is 2.39. The molecule has 0 spiro atoms. The summed E-state index contributed by atoms with van der Waals surface area (Å²) in [5, 5.41) is 11.0. The molecule has 1 aliphatic heterocycles. The zero-order valence-corrected chi connectivity index (χ0v) is 10.5. The van der Waals surface area contributed by atoms with E-state index in [4.69, 9.17) is 0 Å². The van der Waals surface area contributed by atoms with Gasteiger partial charge in [0.05, 0.1) is 10.8 Å². The minimum atomic E-state index is -0.673. The summed E-state index contributed by atoms with van der Waals surface area (Å²) in [6.45, 7) is 1.79. The summed E-state index contributed by atoms with van der Waals surface area (Å²) >= 11 is 0. The Kier molecular flexibility index (Phi) is 3.59. The number of nitrogens with zero attached hydrogens (tertiary/aromatic N) is 2. The summed E-state index contributed by atoms with van der Waals surface area (Å²) in [4.78, 5) is 35.5. The van der Waals surface area contributed by atoms with Gasteiger partial charge in [0.2, 0.25) is 5.91 Å². The summed E-state index contributed by atoms with van der Waals surface area (Å²) in [6.07, 6.45) is 1.19. The summed E-state index contributed by atoms with van der Waals surface area (Å²) in [5.41, 5.74) is 0.156. The SMILES string of the molecule is CC(=O)[C@@H]1CCCN(c2ccccc2[N+](=O)[O-])C1=O. The molecule has 19 heavy (non-hydrogen) atoms. The Morgan fingerprint density at radius 2 is 2.11 bits per heavy atom. The normalized spacial score (nSPS) is 19.3. The van der Waals surface area contributed by atoms with Gasteiger partial charge in [0, 0.05) is 12.6 Å². The molecular formula is C13H14N2O4. The number of carbonyl (C=O) groups excluding carboxylic acids is 2. The Bertz CT molecular complexity index is 541. The molecule has 1 atom stereocenters. The van der Waals surface area contributed by atoms with Crippen molar-refractivity contribution >= 4 is 23.1 Å². The number of ketones is 1. The average molecular weight is 262 g/mol. The summed E-state index contributed by atoms with van der Waals surface area (Å²) in [7, 11) is 0. The Hall–Kier alpha value is -2.24. The number of Topliss-reactive ketones (excluding diaryl/α,β-unsaturated/α-hetero) is 1. The first-order valence-electron chi connectivity index (χ1n) is 6.07. The maximum atomic E-state index is 12.2. The fourth-order valence-corrected chi connectivity index (χ4v) is 2.34. The fraction of sp³-hybridized carbons (Fsp3) is 0.385. The van der Waals surface area contributed by atoms with Gasteiger partial charge in [-0.15, -0.1) is 0 Å². The number of benzene rings is 1. The first-order chi connectivity index (χ1) is 9.02. The van der Waals surface area contributed by atoms with E-state index < -0.39 is 10.8 Å². The van der Waals surface area contributed by atoms with Crippen molar-refractivity contribution in [3.05, 3.63) is 34.4 Å². The molecule has 1 heterocycles. The van der Waals surface area contributed by atoms with E-state index in [1.54, 1.807) is 18.2 Å². The van der Waals surface area contributed by atoms with Gasteiger partial charge in [0.25, 0.3) is 5.69 Å². The van der Waals surface area contributed by atoms with E-state index in [0.717, 1.165) is 0 Å². The average Bonchev–Trinajstić information content (AvgIpc) is 2.38. The second-order valence-corrected chi connectivity index (χ2v) is 4.54. The largest absolute Gasteiger partial charge is 0.306 e. The van der Waals surface area contributed by atoms with Crippen LogP contribution in [0.4, 0.5) is 11.4 Å². The van der Waals surface area contributed by atoms with Gasteiger partial charge in [-0.3, -0.25) is 19.7 Å². The monoisotopic (exact) mass is 262 g/mol. The zero-order valence-electron chi connectivity index (χ0n) is 10.5. The molecule has 1 aliphatic rings. The van der Waals surface area contributed by atoms with E-state index in [0.29, 0.717) is 19.4 Å². The number of hydrogen-bond acceptors (Lipinski definition) is 4. The second-order valence-electron chi connectivity index (χ2n) is 4.54. The van der Waals surface area contributed by atoms with Crippen molar-refractivity contribution in [2.24, 2.45) is 5.92 Å². The number of carbonyl (C=O) groups is 2. The van der Waals surface area contributed by atoms with Crippen molar-refractivity contribution in [1.29, 1.82) is 0 Å². The second kappa shape index (κ2) is 5.17. The highest BCUT2D eigenvalue weighted by Gasteiger charge is 2.35. The molecule has 1 aromatic carbocycles. The third-order valence-electron chi connectivity index (χ3n) is 3.30. The fourth-order valence-electron chi connectivity index (χ4n) is 2.34. The lowest BCUT2D eigenvalue weighted by molar-refractivity contribution is -0.384. The van der Waals surface area contributed by atoms with E-state index >= 15 is 0 Å². The molecule has 6 heteroatoms. The highest BCUT2D eigenvalue weighted by molar-refractivity contribution is 6.09. The minimum absolute atomic E-state index is 0.111. The number of rotatable bonds is 3. The Morgan fingerprint density at radius 1 is 1.42 bits per heavy atom. The van der Waals surface area contributed by atoms with Gasteiger partial charge < -0.3 is 4.90 Å². The van der Waals surface area contributed by atoms with Crippen molar-refractivity contribution in [2.75, 3.05) is 11.4 Å². The van der Waals surface area contributed by atoms with Crippen LogP contribution in [0.15, 0.2) is 24.3 Å². The Morgan fingerprint density at radius 3 is 2.74 bits per heavy atom. The lowest BCUT2D eigenvalue weighted by atomic mass is 9.93. The van der Waals surface area contributed by atoms with Crippen molar-refractivity contribution in [3.63, 3.8) is 0 Å². The van der Waals surface area contributed by atoms with Crippen LogP contribution < -0.4 is 4.90 Å². The zero-order chi connectivity index (χ0) is 14.0. The molecule has 2 rings (SSSR count). The molecule has 0 bridgehead atoms. The van der Waals surface area contributed by atoms with Gasteiger partial charge in [-0.1, -0.05) is 12.1 Å². The molecule has 1 amide bonds. The summed E-state index contributed by atoms with van der Waals surface area (Å²) in [5.74, 6) is -1.20. The number of nitro benzene ring substituents is 1. The van der Waals surface area contributed by atoms with Crippen LogP contribution in [0.2, 0.25) is 0 Å². The number of piperidine rings is 1. The van der Waals surface area contributed by atoms with E-state index in [-0.39, 0.29) is 23.1 Å². The molecule has 0 aliphatic carbocycles. The third-order valence-corrected chi connectivity index (χ3v) is 3.30. The molecule has 6 nitrogen and oxygen atoms in total. The van der Waals surface area contributed by atoms with Crippen LogP contribution in [-0.4, -0.2) is 23.2 Å². The highest BCUT2D eigenvalue weighted by atomic mass is 16.6. The van der Waals surface area contributed by atoms with Crippen LogP contribution in [0.5, 0.6) is 0 Å². The van der Waals surface area contributed by atoms with E-state index in [2.05, 4.69) is 0 Å². The lowest BCUT2D eigenvalue weighted by Gasteiger charge is -2.30. The maximum absolute atomic E-state index is 12.2. The first kappa shape index (κ1) is 13.2. The summed E-state index contributed by atoms with van der Waals surface area (Å²) in [6, 6.07) is 6.10. The van der Waals surface area contributed by atoms with Gasteiger partial charge in [0.15, 0.2) is 0 Å². The van der Waals surface area contributed by atoms with Crippen molar-refractivity contribution in [2.45, 2.75) is 19.8 Å². The number of para-hydroxylation sites is 2. The number of anilines is 1. The van der Waals surface area contributed by atoms with E-state index in [1.807, 2.05) is 0 Å². The third kappa shape index (κ3) is 2.47. The van der Waals surface area contributed by atoms with Crippen molar-refractivity contribution in [3.8, 4) is 0 Å². The van der Waals surface area contributed by atoms with Crippen LogP contribution in [0.1, 0.15) is 19.8 Å². The molecule has 0 saturated carbocycles. The van der Waals surface area contributed by atoms with Crippen molar-refractivity contribution < 1.29 is 14.5 Å². The number of amides is 1. The smallest absolute Gasteiger partial charge is 0.292 e. The molecular weight excluding hydrogens is 248 g/mol. The molecule has 0 unspecified atom stereocenters. The molecule has 1 saturated heterocycles. The molecule has 100 valence electrons. The van der Waals surface area contributed by atoms with Gasteiger partial charge in [0.1, 0.15) is 11.5 Å². The maximum Gasteiger partial charge on any atom is 0.292 e. The molecule has 0 N–H and O–H groups in total. The van der Waals surface area contributed by atoms with Crippen LogP contribution >= 0.6 is 0 Å². The van der Waals surface area contributed by atoms with E-state index in [9.17, 15) is 19.7 Å². The van der Waals surface area contributed by atoms with Crippen LogP contribution in [0.3, 0.4) is 0 Å². The Labute approximate surface area is 110 Å². The van der Waals surface area contributed by atoms with E-state index in [1.165, 1.54) is 17.9 Å². The van der Waals surface area contributed by atoms with Crippen LogP contribution in [-0.2, 0) is 9.59 Å². The number of hydrogen-bond donors (Lipinski definition) is 0. The van der Waals surface area contributed by atoms with Crippen LogP contribution in [0, 0.1) is 16.0 Å². The molecule has 0 aromatic heterocycles. The van der Waals surface area contributed by atoms with Gasteiger partial charge in [-0.2, -0.15) is 0 Å². The van der Waals surface area contributed by atoms with Crippen LogP contribution in [0.25, 0.3) is 0 Å². The lowest BCUT2D eigenvalue weighted by Crippen LogP contribution is -2.44. The van der Waals surface area contributed by atoms with Gasteiger partial charge in [-0.25, -0.2) is 0 Å².